The van der Waals surface area contributed by atoms with Crippen LogP contribution in [0.3, 0.4) is 0 Å². The van der Waals surface area contributed by atoms with Gasteiger partial charge in [0.15, 0.2) is 0 Å². The molecule has 2 unspecified atom stereocenters. The third-order valence-corrected chi connectivity index (χ3v) is 3.79. The van der Waals surface area contributed by atoms with Crippen LogP contribution in [-0.4, -0.2) is 22.9 Å². The molecule has 1 aromatic heterocycles. The average Bonchev–Trinajstić information content (AvgIpc) is 2.73. The summed E-state index contributed by atoms with van der Waals surface area (Å²) in [5.74, 6) is 0.909. The molecule has 0 aliphatic heterocycles. The van der Waals surface area contributed by atoms with Gasteiger partial charge in [-0.05, 0) is 44.2 Å². The first kappa shape index (κ1) is 11.6. The van der Waals surface area contributed by atoms with Crippen LogP contribution in [0, 0.1) is 5.92 Å². The van der Waals surface area contributed by atoms with Crippen molar-refractivity contribution in [1.82, 2.24) is 15.1 Å². The van der Waals surface area contributed by atoms with Gasteiger partial charge in [-0.15, -0.1) is 0 Å². The fraction of sp³-hybridized carbons (Fsp3) is 0.769. The summed E-state index contributed by atoms with van der Waals surface area (Å²) in [4.78, 5) is 0. The molecule has 0 radical (unpaired) electrons. The minimum atomic E-state index is 0.757. The van der Waals surface area contributed by atoms with Gasteiger partial charge in [-0.1, -0.05) is 12.8 Å². The molecule has 1 aliphatic rings. The van der Waals surface area contributed by atoms with Gasteiger partial charge in [0.2, 0.25) is 0 Å². The maximum atomic E-state index is 4.22. The van der Waals surface area contributed by atoms with Gasteiger partial charge in [0.1, 0.15) is 0 Å². The van der Waals surface area contributed by atoms with Crippen molar-refractivity contribution in [2.24, 2.45) is 13.0 Å². The molecule has 1 aliphatic carbocycles. The number of aryl methyl sites for hydroxylation is 2. The third kappa shape index (κ3) is 3.08. The predicted octanol–water partition coefficient (Wildman–Crippen LogP) is 2.13. The molecule has 16 heavy (non-hydrogen) atoms. The SMILES string of the molecule is CNC1CCCC(CCc2cnn(C)c2)C1. The fourth-order valence-corrected chi connectivity index (χ4v) is 2.79. The molecular formula is C13H23N3. The Kier molecular flexibility index (Phi) is 3.99. The predicted molar refractivity (Wildman–Crippen MR) is 66.3 cm³/mol. The van der Waals surface area contributed by atoms with Gasteiger partial charge in [-0.2, -0.15) is 5.10 Å². The maximum absolute atomic E-state index is 4.22. The van der Waals surface area contributed by atoms with Gasteiger partial charge >= 0.3 is 0 Å². The molecule has 0 amide bonds. The van der Waals surface area contributed by atoms with Crippen molar-refractivity contribution in [3.05, 3.63) is 18.0 Å². The highest BCUT2D eigenvalue weighted by molar-refractivity contribution is 5.03. The van der Waals surface area contributed by atoms with Crippen LogP contribution >= 0.6 is 0 Å². The Hall–Kier alpha value is -0.830. The maximum Gasteiger partial charge on any atom is 0.0521 e. The van der Waals surface area contributed by atoms with E-state index >= 15 is 0 Å². The van der Waals surface area contributed by atoms with Gasteiger partial charge in [-0.3, -0.25) is 4.68 Å². The van der Waals surface area contributed by atoms with Crippen LogP contribution in [0.1, 0.15) is 37.7 Å². The number of aromatic nitrogens is 2. The summed E-state index contributed by atoms with van der Waals surface area (Å²) in [5, 5.41) is 7.64. The minimum absolute atomic E-state index is 0.757. The molecule has 2 atom stereocenters. The fourth-order valence-electron chi connectivity index (χ4n) is 2.79. The van der Waals surface area contributed by atoms with Crippen LogP contribution in [0.5, 0.6) is 0 Å². The van der Waals surface area contributed by atoms with Crippen LogP contribution in [0.2, 0.25) is 0 Å². The van der Waals surface area contributed by atoms with Crippen molar-refractivity contribution in [1.29, 1.82) is 0 Å². The Morgan fingerprint density at radius 2 is 2.38 bits per heavy atom. The number of hydrogen-bond acceptors (Lipinski definition) is 2. The van der Waals surface area contributed by atoms with Crippen LogP contribution in [-0.2, 0) is 13.5 Å². The van der Waals surface area contributed by atoms with Crippen molar-refractivity contribution in [2.75, 3.05) is 7.05 Å². The van der Waals surface area contributed by atoms with Gasteiger partial charge in [0.25, 0.3) is 0 Å². The molecule has 0 aromatic carbocycles. The lowest BCUT2D eigenvalue weighted by Crippen LogP contribution is -2.31. The Labute approximate surface area is 98.2 Å². The molecule has 1 saturated carbocycles. The minimum Gasteiger partial charge on any atom is -0.317 e. The van der Waals surface area contributed by atoms with E-state index in [0.29, 0.717) is 0 Å². The molecule has 0 bridgehead atoms. The average molecular weight is 221 g/mol. The summed E-state index contributed by atoms with van der Waals surface area (Å²) in [6.45, 7) is 0. The largest absolute Gasteiger partial charge is 0.317 e. The highest BCUT2D eigenvalue weighted by Gasteiger charge is 2.20. The quantitative estimate of drug-likeness (QED) is 0.844. The lowest BCUT2D eigenvalue weighted by atomic mass is 9.82. The van der Waals surface area contributed by atoms with E-state index < -0.39 is 0 Å². The lowest BCUT2D eigenvalue weighted by Gasteiger charge is -2.28. The van der Waals surface area contributed by atoms with E-state index in [2.05, 4.69) is 23.7 Å². The van der Waals surface area contributed by atoms with Crippen molar-refractivity contribution < 1.29 is 0 Å². The molecule has 90 valence electrons. The van der Waals surface area contributed by atoms with Crippen molar-refractivity contribution >= 4 is 0 Å². The number of rotatable bonds is 4. The van der Waals surface area contributed by atoms with E-state index in [1.165, 1.54) is 44.1 Å². The highest BCUT2D eigenvalue weighted by Crippen LogP contribution is 2.27. The van der Waals surface area contributed by atoms with E-state index in [9.17, 15) is 0 Å². The molecule has 1 aromatic rings. The van der Waals surface area contributed by atoms with Crippen molar-refractivity contribution in [2.45, 2.75) is 44.6 Å². The monoisotopic (exact) mass is 221 g/mol. The van der Waals surface area contributed by atoms with Gasteiger partial charge in [0, 0.05) is 19.3 Å². The molecule has 3 nitrogen and oxygen atoms in total. The van der Waals surface area contributed by atoms with E-state index in [-0.39, 0.29) is 0 Å². The normalized spacial score (nSPS) is 25.9. The molecule has 3 heteroatoms. The second kappa shape index (κ2) is 5.48. The molecular weight excluding hydrogens is 198 g/mol. The van der Waals surface area contributed by atoms with Crippen molar-refractivity contribution in [3.63, 3.8) is 0 Å². The molecule has 0 saturated heterocycles. The molecule has 1 heterocycles. The Morgan fingerprint density at radius 3 is 3.06 bits per heavy atom. The van der Waals surface area contributed by atoms with Crippen LogP contribution in [0.25, 0.3) is 0 Å². The Balaban J connectivity index is 1.77. The zero-order valence-electron chi connectivity index (χ0n) is 10.4. The van der Waals surface area contributed by atoms with Gasteiger partial charge in [0.05, 0.1) is 6.20 Å². The lowest BCUT2D eigenvalue weighted by molar-refractivity contribution is 0.282. The molecule has 2 rings (SSSR count). The number of nitrogens with zero attached hydrogens (tertiary/aromatic N) is 2. The molecule has 1 N–H and O–H groups in total. The zero-order chi connectivity index (χ0) is 11.4. The summed E-state index contributed by atoms with van der Waals surface area (Å²) in [6, 6.07) is 0.757. The van der Waals surface area contributed by atoms with Crippen molar-refractivity contribution in [3.8, 4) is 0 Å². The van der Waals surface area contributed by atoms with Crippen LogP contribution < -0.4 is 5.32 Å². The van der Waals surface area contributed by atoms with Gasteiger partial charge < -0.3 is 5.32 Å². The smallest absolute Gasteiger partial charge is 0.0521 e. The third-order valence-electron chi connectivity index (χ3n) is 3.79. The Bertz CT molecular complexity index is 319. The van der Waals surface area contributed by atoms with Crippen LogP contribution in [0.15, 0.2) is 12.4 Å². The van der Waals surface area contributed by atoms with Crippen LogP contribution in [0.4, 0.5) is 0 Å². The van der Waals surface area contributed by atoms with Gasteiger partial charge in [-0.25, -0.2) is 0 Å². The second-order valence-electron chi connectivity index (χ2n) is 5.08. The number of nitrogens with one attached hydrogen (secondary N) is 1. The summed E-state index contributed by atoms with van der Waals surface area (Å²) in [6.07, 6.45) is 12.2. The topological polar surface area (TPSA) is 29.9 Å². The van der Waals surface area contributed by atoms with E-state index in [0.717, 1.165) is 12.0 Å². The zero-order valence-corrected chi connectivity index (χ0v) is 10.4. The second-order valence-corrected chi connectivity index (χ2v) is 5.08. The summed E-state index contributed by atoms with van der Waals surface area (Å²) in [5.41, 5.74) is 1.38. The van der Waals surface area contributed by atoms with E-state index in [1.807, 2.05) is 17.9 Å². The summed E-state index contributed by atoms with van der Waals surface area (Å²) >= 11 is 0. The Morgan fingerprint density at radius 1 is 1.50 bits per heavy atom. The summed E-state index contributed by atoms with van der Waals surface area (Å²) < 4.78 is 1.90. The first-order chi connectivity index (χ1) is 7.78. The standard InChI is InChI=1S/C13H23N3/c1-14-13-5-3-4-11(8-13)6-7-12-9-15-16(2)10-12/h9-11,13-14H,3-8H2,1-2H3. The first-order valence-corrected chi connectivity index (χ1v) is 6.42. The molecule has 1 fully saturated rings. The first-order valence-electron chi connectivity index (χ1n) is 6.42. The van der Waals surface area contributed by atoms with E-state index in [4.69, 9.17) is 0 Å². The highest BCUT2D eigenvalue weighted by atomic mass is 15.2. The van der Waals surface area contributed by atoms with E-state index in [1.54, 1.807) is 0 Å². The molecule has 0 spiro atoms. The summed E-state index contributed by atoms with van der Waals surface area (Å²) in [7, 11) is 4.08. The number of hydrogen-bond donors (Lipinski definition) is 1.